The van der Waals surface area contributed by atoms with Gasteiger partial charge in [0.1, 0.15) is 0 Å². The van der Waals surface area contributed by atoms with E-state index in [0.29, 0.717) is 12.5 Å². The predicted molar refractivity (Wildman–Crippen MR) is 56.2 cm³/mol. The summed E-state index contributed by atoms with van der Waals surface area (Å²) in [6, 6.07) is 1.79. The first kappa shape index (κ1) is 9.51. The quantitative estimate of drug-likeness (QED) is 0.738. The minimum Gasteiger partial charge on any atom is -0.338 e. The van der Waals surface area contributed by atoms with Crippen LogP contribution in [0.2, 0.25) is 0 Å². The van der Waals surface area contributed by atoms with Gasteiger partial charge in [-0.25, -0.2) is 9.97 Å². The maximum Gasteiger partial charge on any atom is 0.225 e. The fraction of sp³-hybridized carbons (Fsp3) is 0.200. The van der Waals surface area contributed by atoms with Gasteiger partial charge < -0.3 is 4.90 Å². The summed E-state index contributed by atoms with van der Waals surface area (Å²) in [5.74, 6) is 0.683. The molecule has 2 heterocycles. The number of hydrogen-bond acceptors (Lipinski definition) is 5. The standard InChI is InChI=1S/C10H11N5/c1-15(10-13-3-2-4-14-10)8-9-7-11-5-6-12-9/h2-7H,8H2,1H3. The lowest BCUT2D eigenvalue weighted by atomic mass is 10.4. The zero-order valence-electron chi connectivity index (χ0n) is 8.41. The van der Waals surface area contributed by atoms with Crippen molar-refractivity contribution in [3.8, 4) is 0 Å². The van der Waals surface area contributed by atoms with Gasteiger partial charge in [0.05, 0.1) is 18.4 Å². The van der Waals surface area contributed by atoms with Crippen molar-refractivity contribution in [3.05, 3.63) is 42.7 Å². The van der Waals surface area contributed by atoms with Crippen molar-refractivity contribution >= 4 is 5.95 Å². The minimum atomic E-state index is 0.651. The molecule has 0 spiro atoms. The highest BCUT2D eigenvalue weighted by molar-refractivity contribution is 5.27. The summed E-state index contributed by atoms with van der Waals surface area (Å²) in [5.41, 5.74) is 0.896. The van der Waals surface area contributed by atoms with Crippen molar-refractivity contribution in [1.29, 1.82) is 0 Å². The Bertz CT molecular complexity index is 403. The molecule has 15 heavy (non-hydrogen) atoms. The highest BCUT2D eigenvalue weighted by Crippen LogP contribution is 2.05. The van der Waals surface area contributed by atoms with Gasteiger partial charge in [0, 0.05) is 31.8 Å². The average Bonchev–Trinajstić information content (AvgIpc) is 2.31. The van der Waals surface area contributed by atoms with Gasteiger partial charge in [-0.3, -0.25) is 9.97 Å². The van der Waals surface area contributed by atoms with Crippen LogP contribution in [-0.4, -0.2) is 27.0 Å². The lowest BCUT2D eigenvalue weighted by Gasteiger charge is -2.15. The van der Waals surface area contributed by atoms with Crippen LogP contribution in [0.1, 0.15) is 5.69 Å². The van der Waals surface area contributed by atoms with Crippen LogP contribution in [-0.2, 0) is 6.54 Å². The normalized spacial score (nSPS) is 9.93. The maximum atomic E-state index is 4.18. The summed E-state index contributed by atoms with van der Waals surface area (Å²) in [6.07, 6.45) is 8.50. The fourth-order valence-corrected chi connectivity index (χ4v) is 1.21. The molecule has 0 aliphatic rings. The molecule has 5 heteroatoms. The second kappa shape index (κ2) is 4.45. The average molecular weight is 201 g/mol. The van der Waals surface area contributed by atoms with E-state index in [4.69, 9.17) is 0 Å². The predicted octanol–water partition coefficient (Wildman–Crippen LogP) is 0.903. The Morgan fingerprint density at radius 3 is 2.53 bits per heavy atom. The highest BCUT2D eigenvalue weighted by Gasteiger charge is 2.04. The number of hydrogen-bond donors (Lipinski definition) is 0. The van der Waals surface area contributed by atoms with Crippen LogP contribution in [0.3, 0.4) is 0 Å². The first-order valence-electron chi connectivity index (χ1n) is 4.59. The molecular formula is C10H11N5. The molecule has 0 unspecified atom stereocenters. The molecule has 0 fully saturated rings. The summed E-state index contributed by atoms with van der Waals surface area (Å²) < 4.78 is 0. The fourth-order valence-electron chi connectivity index (χ4n) is 1.21. The third-order valence-corrected chi connectivity index (χ3v) is 1.91. The smallest absolute Gasteiger partial charge is 0.225 e. The van der Waals surface area contributed by atoms with Gasteiger partial charge in [-0.2, -0.15) is 0 Å². The summed E-state index contributed by atoms with van der Waals surface area (Å²) in [4.78, 5) is 18.4. The third kappa shape index (κ3) is 2.46. The van der Waals surface area contributed by atoms with E-state index in [1.54, 1.807) is 37.1 Å². The topological polar surface area (TPSA) is 54.8 Å². The van der Waals surface area contributed by atoms with Crippen LogP contribution < -0.4 is 4.90 Å². The molecule has 0 saturated carbocycles. The molecular weight excluding hydrogens is 190 g/mol. The van der Waals surface area contributed by atoms with E-state index in [2.05, 4.69) is 19.9 Å². The number of nitrogens with zero attached hydrogens (tertiary/aromatic N) is 5. The molecule has 0 N–H and O–H groups in total. The van der Waals surface area contributed by atoms with Crippen molar-refractivity contribution in [2.75, 3.05) is 11.9 Å². The Kier molecular flexibility index (Phi) is 2.82. The summed E-state index contributed by atoms with van der Waals surface area (Å²) in [6.45, 7) is 0.651. The van der Waals surface area contributed by atoms with Crippen LogP contribution in [0, 0.1) is 0 Å². The van der Waals surface area contributed by atoms with Gasteiger partial charge in [0.15, 0.2) is 0 Å². The summed E-state index contributed by atoms with van der Waals surface area (Å²) in [7, 11) is 1.92. The molecule has 76 valence electrons. The molecule has 0 saturated heterocycles. The van der Waals surface area contributed by atoms with Gasteiger partial charge in [0.2, 0.25) is 5.95 Å². The molecule has 5 nitrogen and oxygen atoms in total. The van der Waals surface area contributed by atoms with Crippen LogP contribution in [0.25, 0.3) is 0 Å². The largest absolute Gasteiger partial charge is 0.338 e. The number of aromatic nitrogens is 4. The Morgan fingerprint density at radius 2 is 1.87 bits per heavy atom. The van der Waals surface area contributed by atoms with Crippen LogP contribution >= 0.6 is 0 Å². The highest BCUT2D eigenvalue weighted by atomic mass is 15.2. The molecule has 0 amide bonds. The molecule has 0 aliphatic heterocycles. The van der Waals surface area contributed by atoms with E-state index in [-0.39, 0.29) is 0 Å². The number of anilines is 1. The van der Waals surface area contributed by atoms with Crippen molar-refractivity contribution < 1.29 is 0 Å². The molecule has 0 radical (unpaired) electrons. The van der Waals surface area contributed by atoms with Crippen molar-refractivity contribution in [3.63, 3.8) is 0 Å². The molecule has 0 aromatic carbocycles. The Balaban J connectivity index is 2.08. The van der Waals surface area contributed by atoms with E-state index in [0.717, 1.165) is 5.69 Å². The van der Waals surface area contributed by atoms with E-state index in [1.807, 2.05) is 11.9 Å². The minimum absolute atomic E-state index is 0.651. The van der Waals surface area contributed by atoms with Gasteiger partial charge in [-0.1, -0.05) is 0 Å². The Labute approximate surface area is 87.9 Å². The molecule has 0 atom stereocenters. The second-order valence-corrected chi connectivity index (χ2v) is 3.10. The van der Waals surface area contributed by atoms with E-state index < -0.39 is 0 Å². The maximum absolute atomic E-state index is 4.18. The number of rotatable bonds is 3. The Morgan fingerprint density at radius 1 is 1.07 bits per heavy atom. The van der Waals surface area contributed by atoms with Crippen LogP contribution in [0.5, 0.6) is 0 Å². The Hall–Kier alpha value is -2.04. The van der Waals surface area contributed by atoms with Crippen molar-refractivity contribution in [2.45, 2.75) is 6.54 Å². The van der Waals surface area contributed by atoms with Gasteiger partial charge in [0.25, 0.3) is 0 Å². The van der Waals surface area contributed by atoms with Crippen LogP contribution in [0.4, 0.5) is 5.95 Å². The molecule has 0 bridgehead atoms. The SMILES string of the molecule is CN(Cc1cnccn1)c1ncccn1. The zero-order chi connectivity index (χ0) is 10.5. The van der Waals surface area contributed by atoms with E-state index in [9.17, 15) is 0 Å². The van der Waals surface area contributed by atoms with Gasteiger partial charge in [-0.05, 0) is 6.07 Å². The van der Waals surface area contributed by atoms with Gasteiger partial charge in [-0.15, -0.1) is 0 Å². The van der Waals surface area contributed by atoms with Crippen LogP contribution in [0.15, 0.2) is 37.1 Å². The molecule has 2 aromatic rings. The summed E-state index contributed by atoms with van der Waals surface area (Å²) >= 11 is 0. The molecule has 0 aliphatic carbocycles. The monoisotopic (exact) mass is 201 g/mol. The molecule has 2 aromatic heterocycles. The van der Waals surface area contributed by atoms with E-state index >= 15 is 0 Å². The third-order valence-electron chi connectivity index (χ3n) is 1.91. The van der Waals surface area contributed by atoms with E-state index in [1.165, 1.54) is 0 Å². The van der Waals surface area contributed by atoms with Crippen molar-refractivity contribution in [1.82, 2.24) is 19.9 Å². The first-order chi connectivity index (χ1) is 7.36. The second-order valence-electron chi connectivity index (χ2n) is 3.10. The van der Waals surface area contributed by atoms with Crippen molar-refractivity contribution in [2.24, 2.45) is 0 Å². The zero-order valence-corrected chi connectivity index (χ0v) is 8.41. The lowest BCUT2D eigenvalue weighted by molar-refractivity contribution is 0.833. The van der Waals surface area contributed by atoms with Gasteiger partial charge >= 0.3 is 0 Å². The summed E-state index contributed by atoms with van der Waals surface area (Å²) in [5, 5.41) is 0. The first-order valence-corrected chi connectivity index (χ1v) is 4.59. The molecule has 2 rings (SSSR count). The lowest BCUT2D eigenvalue weighted by Crippen LogP contribution is -2.19.